The summed E-state index contributed by atoms with van der Waals surface area (Å²) in [6.45, 7) is 0.533. The topological polar surface area (TPSA) is 80.5 Å². The van der Waals surface area contributed by atoms with Crippen LogP contribution in [0.15, 0.2) is 48.5 Å². The molecule has 0 fully saturated rings. The zero-order valence-electron chi connectivity index (χ0n) is 15.2. The highest BCUT2D eigenvalue weighted by Crippen LogP contribution is 2.31. The summed E-state index contributed by atoms with van der Waals surface area (Å²) in [6, 6.07) is 14.6. The van der Waals surface area contributed by atoms with Crippen LogP contribution in [-0.2, 0) is 21.1 Å². The fourth-order valence-corrected chi connectivity index (χ4v) is 3.79. The molecule has 2 aromatic rings. The van der Waals surface area contributed by atoms with Crippen molar-refractivity contribution in [1.29, 1.82) is 0 Å². The van der Waals surface area contributed by atoms with Crippen LogP contribution in [-0.4, -0.2) is 38.9 Å². The van der Waals surface area contributed by atoms with Gasteiger partial charge < -0.3 is 10.6 Å². The number of carbonyl (C=O) groups is 1. The maximum absolute atomic E-state index is 12.7. The summed E-state index contributed by atoms with van der Waals surface area (Å²) >= 11 is 0. The summed E-state index contributed by atoms with van der Waals surface area (Å²) in [5, 5.41) is 0. The number of amides is 1. The van der Waals surface area contributed by atoms with Crippen molar-refractivity contribution in [2.75, 3.05) is 23.5 Å². The Morgan fingerprint density at radius 1 is 1.15 bits per heavy atom. The molecule has 27 heavy (non-hydrogen) atoms. The number of sulfone groups is 1. The molecular weight excluding hydrogens is 360 g/mol. The Balaban J connectivity index is 1.80. The molecule has 3 rings (SSSR count). The van der Waals surface area contributed by atoms with Gasteiger partial charge in [0.05, 0.1) is 11.8 Å². The highest BCUT2D eigenvalue weighted by atomic mass is 32.2. The lowest BCUT2D eigenvalue weighted by Crippen LogP contribution is -2.44. The smallest absolute Gasteiger partial charge is 0.243 e. The van der Waals surface area contributed by atoms with Crippen LogP contribution < -0.4 is 10.6 Å². The van der Waals surface area contributed by atoms with Crippen LogP contribution in [0.3, 0.4) is 0 Å². The number of hydrogen-bond donors (Lipinski definition) is 1. The van der Waals surface area contributed by atoms with Gasteiger partial charge in [-0.2, -0.15) is 0 Å². The molecule has 6 heteroatoms. The number of nitrogens with zero attached hydrogens (tertiary/aromatic N) is 1. The van der Waals surface area contributed by atoms with Crippen LogP contribution in [0.2, 0.25) is 0 Å². The summed E-state index contributed by atoms with van der Waals surface area (Å²) in [4.78, 5) is 14.3. The van der Waals surface area contributed by atoms with E-state index in [1.54, 1.807) is 4.90 Å². The minimum absolute atomic E-state index is 0.0941. The quantitative estimate of drug-likeness (QED) is 0.817. The maximum atomic E-state index is 12.7. The van der Waals surface area contributed by atoms with Crippen LogP contribution in [0.4, 0.5) is 5.69 Å². The fraction of sp³-hybridized carbons (Fsp3) is 0.286. The molecule has 0 bridgehead atoms. The molecule has 2 aromatic carbocycles. The summed E-state index contributed by atoms with van der Waals surface area (Å²) in [6.07, 6.45) is 1.98. The first-order valence-corrected chi connectivity index (χ1v) is 10.8. The van der Waals surface area contributed by atoms with Crippen molar-refractivity contribution >= 4 is 21.4 Å². The first kappa shape index (κ1) is 19.2. The molecule has 1 aliphatic rings. The van der Waals surface area contributed by atoms with Crippen molar-refractivity contribution in [1.82, 2.24) is 0 Å². The molecule has 2 N–H and O–H groups in total. The van der Waals surface area contributed by atoms with E-state index in [0.717, 1.165) is 28.6 Å². The van der Waals surface area contributed by atoms with E-state index in [9.17, 15) is 13.2 Å². The van der Waals surface area contributed by atoms with E-state index in [1.807, 2.05) is 48.5 Å². The average molecular weight is 382 g/mol. The number of carbonyl (C=O) groups excluding carboxylic acids is 1. The number of nitrogens with two attached hydrogens (primary N) is 1. The molecule has 0 saturated carbocycles. The number of rotatable bonds is 4. The third-order valence-electron chi connectivity index (χ3n) is 4.53. The Bertz CT molecular complexity index is 1000. The molecule has 1 atom stereocenters. The van der Waals surface area contributed by atoms with Gasteiger partial charge in [0.1, 0.15) is 9.84 Å². The second-order valence-electron chi connectivity index (χ2n) is 6.68. The van der Waals surface area contributed by atoms with Gasteiger partial charge in [0.25, 0.3) is 0 Å². The maximum Gasteiger partial charge on any atom is 0.243 e. The van der Waals surface area contributed by atoms with Crippen LogP contribution in [0.5, 0.6) is 0 Å². The van der Waals surface area contributed by atoms with Gasteiger partial charge in [-0.05, 0) is 42.7 Å². The lowest BCUT2D eigenvalue weighted by atomic mass is 10.0. The largest absolute Gasteiger partial charge is 0.320 e. The molecular formula is C21H22N2O3S. The molecule has 0 radical (unpaired) electrons. The normalized spacial score (nSPS) is 14.2. The van der Waals surface area contributed by atoms with E-state index >= 15 is 0 Å². The van der Waals surface area contributed by atoms with E-state index in [0.29, 0.717) is 13.0 Å². The van der Waals surface area contributed by atoms with Crippen molar-refractivity contribution < 1.29 is 13.2 Å². The van der Waals surface area contributed by atoms with Crippen LogP contribution in [0.1, 0.15) is 23.1 Å². The van der Waals surface area contributed by atoms with Gasteiger partial charge in [0, 0.05) is 29.6 Å². The van der Waals surface area contributed by atoms with Crippen molar-refractivity contribution in [2.24, 2.45) is 5.73 Å². The molecule has 0 spiro atoms. The van der Waals surface area contributed by atoms with Gasteiger partial charge in [0.15, 0.2) is 0 Å². The van der Waals surface area contributed by atoms with Crippen LogP contribution >= 0.6 is 0 Å². The predicted octanol–water partition coefficient (Wildman–Crippen LogP) is 1.74. The van der Waals surface area contributed by atoms with Crippen molar-refractivity contribution in [3.8, 4) is 11.8 Å². The van der Waals surface area contributed by atoms with Gasteiger partial charge in [-0.3, -0.25) is 4.79 Å². The Morgan fingerprint density at radius 2 is 1.89 bits per heavy atom. The highest BCUT2D eigenvalue weighted by Gasteiger charge is 2.29. The van der Waals surface area contributed by atoms with Gasteiger partial charge in [-0.25, -0.2) is 8.42 Å². The summed E-state index contributed by atoms with van der Waals surface area (Å²) in [7, 11) is -3.15. The lowest BCUT2D eigenvalue weighted by molar-refractivity contribution is -0.119. The molecule has 0 aliphatic carbocycles. The summed E-state index contributed by atoms with van der Waals surface area (Å²) in [5.74, 6) is 6.01. The van der Waals surface area contributed by atoms with E-state index < -0.39 is 15.9 Å². The molecule has 1 aliphatic heterocycles. The van der Waals surface area contributed by atoms with Gasteiger partial charge in [-0.1, -0.05) is 36.1 Å². The standard InChI is InChI=1S/C21H22N2O3S/c1-27(25,26)15-13-19(22)21(24)23-14-12-18-17(8-5-9-20(18)23)11-10-16-6-3-2-4-7-16/h2-9,19H,12-15,22H2,1H3/t19-/m1/s1. The monoisotopic (exact) mass is 382 g/mol. The molecule has 0 aromatic heterocycles. The fourth-order valence-electron chi connectivity index (χ4n) is 3.11. The van der Waals surface area contributed by atoms with E-state index in [2.05, 4.69) is 11.8 Å². The number of benzene rings is 2. The van der Waals surface area contributed by atoms with Gasteiger partial charge in [-0.15, -0.1) is 0 Å². The first-order valence-electron chi connectivity index (χ1n) is 8.79. The minimum Gasteiger partial charge on any atom is -0.320 e. The summed E-state index contributed by atoms with van der Waals surface area (Å²) in [5.41, 5.74) is 9.63. The Morgan fingerprint density at radius 3 is 2.59 bits per heavy atom. The molecule has 140 valence electrons. The van der Waals surface area contributed by atoms with Crippen molar-refractivity contribution in [3.05, 3.63) is 65.2 Å². The number of fused-ring (bicyclic) bond motifs is 1. The third-order valence-corrected chi connectivity index (χ3v) is 5.50. The average Bonchev–Trinajstić information content (AvgIpc) is 3.08. The van der Waals surface area contributed by atoms with Crippen LogP contribution in [0, 0.1) is 11.8 Å². The van der Waals surface area contributed by atoms with E-state index in [-0.39, 0.29) is 18.1 Å². The third kappa shape index (κ3) is 4.76. The Hall–Kier alpha value is -2.62. The second kappa shape index (κ2) is 7.95. The minimum atomic E-state index is -3.15. The summed E-state index contributed by atoms with van der Waals surface area (Å²) < 4.78 is 22.6. The lowest BCUT2D eigenvalue weighted by Gasteiger charge is -2.21. The highest BCUT2D eigenvalue weighted by molar-refractivity contribution is 7.90. The number of hydrogen-bond acceptors (Lipinski definition) is 4. The van der Waals surface area contributed by atoms with E-state index in [4.69, 9.17) is 5.73 Å². The van der Waals surface area contributed by atoms with Crippen molar-refractivity contribution in [3.63, 3.8) is 0 Å². The molecule has 1 heterocycles. The first-order chi connectivity index (χ1) is 12.8. The Labute approximate surface area is 160 Å². The van der Waals surface area contributed by atoms with Crippen LogP contribution in [0.25, 0.3) is 0 Å². The predicted molar refractivity (Wildman–Crippen MR) is 107 cm³/mol. The van der Waals surface area contributed by atoms with E-state index in [1.165, 1.54) is 0 Å². The van der Waals surface area contributed by atoms with Gasteiger partial charge >= 0.3 is 0 Å². The van der Waals surface area contributed by atoms with Crippen molar-refractivity contribution in [2.45, 2.75) is 18.9 Å². The second-order valence-corrected chi connectivity index (χ2v) is 8.94. The molecule has 0 unspecified atom stereocenters. The molecule has 1 amide bonds. The Kier molecular flexibility index (Phi) is 5.64. The van der Waals surface area contributed by atoms with Gasteiger partial charge in [0.2, 0.25) is 5.91 Å². The zero-order valence-corrected chi connectivity index (χ0v) is 16.0. The SMILES string of the molecule is CS(=O)(=O)CC[C@@H](N)C(=O)N1CCc2c(C#Cc3ccccc3)cccc21. The number of anilines is 1. The molecule has 5 nitrogen and oxygen atoms in total. The molecule has 0 saturated heterocycles. The zero-order chi connectivity index (χ0) is 19.4.